The van der Waals surface area contributed by atoms with Gasteiger partial charge in [-0.2, -0.15) is 13.2 Å². The van der Waals surface area contributed by atoms with Crippen LogP contribution in [0.25, 0.3) is 10.8 Å². The summed E-state index contributed by atoms with van der Waals surface area (Å²) in [5.41, 5.74) is 6.19. The summed E-state index contributed by atoms with van der Waals surface area (Å²) >= 11 is 0. The van der Waals surface area contributed by atoms with Crippen LogP contribution >= 0.6 is 0 Å². The Morgan fingerprint density at radius 3 is 2.48 bits per heavy atom. The lowest BCUT2D eigenvalue weighted by molar-refractivity contribution is -0.120. The van der Waals surface area contributed by atoms with Crippen LogP contribution in [-0.2, 0) is 6.54 Å². The van der Waals surface area contributed by atoms with Crippen molar-refractivity contribution in [3.63, 3.8) is 0 Å². The molecule has 2 rings (SSSR count). The lowest BCUT2D eigenvalue weighted by Gasteiger charge is -2.30. The van der Waals surface area contributed by atoms with Gasteiger partial charge >= 0.3 is 6.18 Å². The lowest BCUT2D eigenvalue weighted by Crippen LogP contribution is -2.40. The Morgan fingerprint density at radius 1 is 1.24 bits per heavy atom. The zero-order valence-electron chi connectivity index (χ0n) is 12.0. The van der Waals surface area contributed by atoms with E-state index >= 15 is 0 Å². The van der Waals surface area contributed by atoms with Gasteiger partial charge in [-0.3, -0.25) is 0 Å². The SMILES string of the molecule is CC(C)N(CC(F)(F)F)c1nc(CN)cc2ccccc12. The van der Waals surface area contributed by atoms with Gasteiger partial charge in [-0.15, -0.1) is 0 Å². The Hall–Kier alpha value is -1.82. The number of hydrogen-bond acceptors (Lipinski definition) is 3. The Bertz CT molecular complexity index is 623. The molecule has 0 aliphatic heterocycles. The van der Waals surface area contributed by atoms with Gasteiger partial charge in [0.1, 0.15) is 12.4 Å². The van der Waals surface area contributed by atoms with E-state index < -0.39 is 12.7 Å². The van der Waals surface area contributed by atoms with Crippen LogP contribution in [0.3, 0.4) is 0 Å². The van der Waals surface area contributed by atoms with Crippen molar-refractivity contribution in [1.82, 2.24) is 4.98 Å². The maximum Gasteiger partial charge on any atom is 0.405 e. The van der Waals surface area contributed by atoms with Crippen LogP contribution in [0, 0.1) is 0 Å². The number of pyridine rings is 1. The minimum atomic E-state index is -4.29. The van der Waals surface area contributed by atoms with Crippen LogP contribution < -0.4 is 10.6 Å². The third kappa shape index (κ3) is 3.64. The molecule has 1 aromatic heterocycles. The van der Waals surface area contributed by atoms with Gasteiger partial charge in [0.25, 0.3) is 0 Å². The number of fused-ring (bicyclic) bond motifs is 1. The number of alkyl halides is 3. The molecule has 3 nitrogen and oxygen atoms in total. The van der Waals surface area contributed by atoms with E-state index in [1.165, 1.54) is 4.90 Å². The highest BCUT2D eigenvalue weighted by Gasteiger charge is 2.33. The standard InChI is InChI=1S/C15H18F3N3/c1-10(2)21(9-15(16,17)18)14-13-6-4-3-5-11(13)7-12(8-19)20-14/h3-7,10H,8-9,19H2,1-2H3. The van der Waals surface area contributed by atoms with E-state index in [0.29, 0.717) is 16.9 Å². The number of rotatable bonds is 4. The van der Waals surface area contributed by atoms with E-state index in [9.17, 15) is 13.2 Å². The molecule has 114 valence electrons. The molecule has 0 radical (unpaired) electrons. The summed E-state index contributed by atoms with van der Waals surface area (Å²) in [5.74, 6) is 0.334. The predicted molar refractivity (Wildman–Crippen MR) is 78.2 cm³/mol. The van der Waals surface area contributed by atoms with Crippen LogP contribution in [0.15, 0.2) is 30.3 Å². The highest BCUT2D eigenvalue weighted by Crippen LogP contribution is 2.29. The van der Waals surface area contributed by atoms with Crippen molar-refractivity contribution in [2.24, 2.45) is 5.73 Å². The summed E-state index contributed by atoms with van der Waals surface area (Å²) in [5, 5.41) is 1.54. The lowest BCUT2D eigenvalue weighted by atomic mass is 10.1. The molecule has 6 heteroatoms. The van der Waals surface area contributed by atoms with Crippen LogP contribution in [-0.4, -0.2) is 23.7 Å². The largest absolute Gasteiger partial charge is 0.405 e. The van der Waals surface area contributed by atoms with Gasteiger partial charge in [0.05, 0.1) is 5.69 Å². The summed E-state index contributed by atoms with van der Waals surface area (Å²) in [7, 11) is 0. The quantitative estimate of drug-likeness (QED) is 0.939. The van der Waals surface area contributed by atoms with Gasteiger partial charge in [-0.1, -0.05) is 24.3 Å². The zero-order valence-corrected chi connectivity index (χ0v) is 12.0. The molecule has 1 heterocycles. The average molecular weight is 297 g/mol. The van der Waals surface area contributed by atoms with Crippen molar-refractivity contribution in [3.8, 4) is 0 Å². The number of halogens is 3. The molecule has 0 spiro atoms. The van der Waals surface area contributed by atoms with E-state index in [-0.39, 0.29) is 12.6 Å². The molecule has 0 bridgehead atoms. The topological polar surface area (TPSA) is 42.2 Å². The minimum Gasteiger partial charge on any atom is -0.345 e. The first-order chi connectivity index (χ1) is 9.81. The third-order valence-electron chi connectivity index (χ3n) is 3.23. The minimum absolute atomic E-state index is 0.190. The number of aromatic nitrogens is 1. The molecule has 2 N–H and O–H groups in total. The average Bonchev–Trinajstić information content (AvgIpc) is 2.42. The van der Waals surface area contributed by atoms with Crippen LogP contribution in [0.2, 0.25) is 0 Å². The summed E-state index contributed by atoms with van der Waals surface area (Å²) in [6.45, 7) is 2.60. The summed E-state index contributed by atoms with van der Waals surface area (Å²) in [6, 6.07) is 8.76. The van der Waals surface area contributed by atoms with Gasteiger partial charge in [0, 0.05) is 18.0 Å². The Labute approximate surface area is 121 Å². The summed E-state index contributed by atoms with van der Waals surface area (Å²) < 4.78 is 38.5. The first kappa shape index (κ1) is 15.6. The first-order valence-corrected chi connectivity index (χ1v) is 6.74. The maximum atomic E-state index is 12.8. The summed E-state index contributed by atoms with van der Waals surface area (Å²) in [6.07, 6.45) is -4.29. The fourth-order valence-electron chi connectivity index (χ4n) is 2.25. The monoisotopic (exact) mass is 297 g/mol. The van der Waals surface area contributed by atoms with Gasteiger partial charge in [0.2, 0.25) is 0 Å². The molecular weight excluding hydrogens is 279 g/mol. The number of benzene rings is 1. The van der Waals surface area contributed by atoms with E-state index in [4.69, 9.17) is 5.73 Å². The van der Waals surface area contributed by atoms with Gasteiger partial charge in [-0.25, -0.2) is 4.98 Å². The number of nitrogens with zero attached hydrogens (tertiary/aromatic N) is 2. The van der Waals surface area contributed by atoms with Gasteiger partial charge < -0.3 is 10.6 Å². The van der Waals surface area contributed by atoms with Crippen molar-refractivity contribution < 1.29 is 13.2 Å². The number of nitrogens with two attached hydrogens (primary N) is 1. The van der Waals surface area contributed by atoms with Gasteiger partial charge in [0.15, 0.2) is 0 Å². The smallest absolute Gasteiger partial charge is 0.345 e. The van der Waals surface area contributed by atoms with Crippen molar-refractivity contribution in [3.05, 3.63) is 36.0 Å². The highest BCUT2D eigenvalue weighted by molar-refractivity contribution is 5.92. The fraction of sp³-hybridized carbons (Fsp3) is 0.400. The van der Waals surface area contributed by atoms with Crippen LogP contribution in [0.1, 0.15) is 19.5 Å². The second-order valence-corrected chi connectivity index (χ2v) is 5.20. The molecule has 0 fully saturated rings. The first-order valence-electron chi connectivity index (χ1n) is 6.74. The van der Waals surface area contributed by atoms with Crippen LogP contribution in [0.4, 0.5) is 19.0 Å². The molecule has 0 aliphatic carbocycles. The van der Waals surface area contributed by atoms with E-state index in [1.807, 2.05) is 18.2 Å². The highest BCUT2D eigenvalue weighted by atomic mass is 19.4. The third-order valence-corrected chi connectivity index (χ3v) is 3.23. The predicted octanol–water partition coefficient (Wildman–Crippen LogP) is 3.47. The zero-order chi connectivity index (χ0) is 15.6. The number of hydrogen-bond donors (Lipinski definition) is 1. The van der Waals surface area contributed by atoms with Crippen molar-refractivity contribution >= 4 is 16.6 Å². The van der Waals surface area contributed by atoms with Crippen molar-refractivity contribution in [2.45, 2.75) is 32.6 Å². The Kier molecular flexibility index (Phi) is 4.37. The normalized spacial score (nSPS) is 12.1. The molecule has 1 aromatic carbocycles. The van der Waals surface area contributed by atoms with E-state index in [0.717, 1.165) is 5.39 Å². The van der Waals surface area contributed by atoms with E-state index in [1.54, 1.807) is 26.0 Å². The van der Waals surface area contributed by atoms with E-state index in [2.05, 4.69) is 4.98 Å². The second-order valence-electron chi connectivity index (χ2n) is 5.20. The molecule has 2 aromatic rings. The molecule has 0 amide bonds. The van der Waals surface area contributed by atoms with Gasteiger partial charge in [-0.05, 0) is 25.3 Å². The molecule has 0 saturated heterocycles. The Morgan fingerprint density at radius 2 is 1.90 bits per heavy atom. The molecule has 0 atom stereocenters. The fourth-order valence-corrected chi connectivity index (χ4v) is 2.25. The second kappa shape index (κ2) is 5.89. The number of anilines is 1. The van der Waals surface area contributed by atoms with Crippen molar-refractivity contribution in [2.75, 3.05) is 11.4 Å². The summed E-state index contributed by atoms with van der Waals surface area (Å²) in [4.78, 5) is 5.59. The molecule has 21 heavy (non-hydrogen) atoms. The molecule has 0 aliphatic rings. The molecular formula is C15H18F3N3. The van der Waals surface area contributed by atoms with Crippen LogP contribution in [0.5, 0.6) is 0 Å². The molecule has 0 saturated carbocycles. The Balaban J connectivity index is 2.60. The van der Waals surface area contributed by atoms with Crippen molar-refractivity contribution in [1.29, 1.82) is 0 Å². The maximum absolute atomic E-state index is 12.8. The molecule has 0 unspecified atom stereocenters.